The van der Waals surface area contributed by atoms with Crippen molar-refractivity contribution in [2.24, 2.45) is 0 Å². The smallest absolute Gasteiger partial charge is 0.127 e. The molecule has 1 unspecified atom stereocenters. The van der Waals surface area contributed by atoms with Crippen LogP contribution in [0.15, 0.2) is 18.3 Å². The van der Waals surface area contributed by atoms with Crippen molar-refractivity contribution in [1.29, 1.82) is 0 Å². The van der Waals surface area contributed by atoms with Gasteiger partial charge in [-0.3, -0.25) is 4.90 Å². The highest BCUT2D eigenvalue weighted by Gasteiger charge is 2.16. The molecule has 0 aromatic carbocycles. The Morgan fingerprint density at radius 1 is 1.47 bits per heavy atom. The Kier molecular flexibility index (Phi) is 4.68. The molecule has 1 aromatic rings. The summed E-state index contributed by atoms with van der Waals surface area (Å²) in [5.41, 5.74) is 7.05. The first-order valence-electron chi connectivity index (χ1n) is 6.24. The monoisotopic (exact) mass is 251 g/mol. The summed E-state index contributed by atoms with van der Waals surface area (Å²) >= 11 is 2.01. The van der Waals surface area contributed by atoms with Crippen molar-refractivity contribution in [3.63, 3.8) is 0 Å². The number of anilines is 1. The minimum atomic E-state index is 0.679. The molecule has 3 nitrogen and oxygen atoms in total. The summed E-state index contributed by atoms with van der Waals surface area (Å²) in [6.07, 6.45) is 7.91. The number of likely N-dealkylation sites (tertiary alicyclic amines) is 1. The van der Waals surface area contributed by atoms with Crippen molar-refractivity contribution >= 4 is 17.6 Å². The van der Waals surface area contributed by atoms with Crippen LogP contribution in [0.3, 0.4) is 0 Å². The van der Waals surface area contributed by atoms with E-state index in [4.69, 9.17) is 5.73 Å². The number of hydrogen-bond donors (Lipinski definition) is 1. The van der Waals surface area contributed by atoms with E-state index in [1.807, 2.05) is 17.8 Å². The van der Waals surface area contributed by atoms with Gasteiger partial charge < -0.3 is 5.73 Å². The average molecular weight is 251 g/mol. The number of nitrogens with zero attached hydrogens (tertiary/aromatic N) is 2. The second-order valence-corrected chi connectivity index (χ2v) is 5.75. The Morgan fingerprint density at radius 3 is 3.12 bits per heavy atom. The van der Waals surface area contributed by atoms with Crippen LogP contribution in [0.4, 0.5) is 5.82 Å². The fourth-order valence-electron chi connectivity index (χ4n) is 2.34. The Labute approximate surface area is 108 Å². The average Bonchev–Trinajstić information content (AvgIpc) is 2.57. The molecule has 1 aliphatic rings. The molecule has 0 amide bonds. The van der Waals surface area contributed by atoms with E-state index in [1.165, 1.54) is 32.4 Å². The minimum absolute atomic E-state index is 0.679. The van der Waals surface area contributed by atoms with Gasteiger partial charge in [-0.25, -0.2) is 4.98 Å². The lowest BCUT2D eigenvalue weighted by atomic mass is 10.2. The number of pyridine rings is 1. The highest BCUT2D eigenvalue weighted by molar-refractivity contribution is 7.99. The number of nitrogens with two attached hydrogens (primary N) is 1. The zero-order valence-corrected chi connectivity index (χ0v) is 11.2. The number of nitrogen functional groups attached to an aromatic ring is 1. The zero-order chi connectivity index (χ0) is 12.1. The van der Waals surface area contributed by atoms with Gasteiger partial charge in [0.15, 0.2) is 0 Å². The van der Waals surface area contributed by atoms with Crippen LogP contribution in [-0.2, 0) is 6.54 Å². The molecule has 4 heteroatoms. The van der Waals surface area contributed by atoms with Crippen molar-refractivity contribution in [2.45, 2.75) is 31.1 Å². The number of thioether (sulfide) groups is 1. The molecule has 0 bridgehead atoms. The van der Waals surface area contributed by atoms with Crippen molar-refractivity contribution in [1.82, 2.24) is 9.88 Å². The van der Waals surface area contributed by atoms with E-state index in [0.29, 0.717) is 5.82 Å². The van der Waals surface area contributed by atoms with E-state index >= 15 is 0 Å². The van der Waals surface area contributed by atoms with Crippen LogP contribution < -0.4 is 5.73 Å². The molecule has 2 N–H and O–H groups in total. The molecule has 1 saturated heterocycles. The minimum Gasteiger partial charge on any atom is -0.383 e. The first-order chi connectivity index (χ1) is 8.29. The van der Waals surface area contributed by atoms with E-state index in [1.54, 1.807) is 6.20 Å². The van der Waals surface area contributed by atoms with Crippen LogP contribution in [0.2, 0.25) is 0 Å². The standard InChI is InChI=1S/C13H21N3S/c1-17-12-5-3-8-16(9-6-12)10-11-4-2-7-15-13(11)14/h2,4,7,12H,3,5-6,8-10H2,1H3,(H2,14,15). The summed E-state index contributed by atoms with van der Waals surface area (Å²) in [7, 11) is 0. The summed E-state index contributed by atoms with van der Waals surface area (Å²) in [6, 6.07) is 4.05. The van der Waals surface area contributed by atoms with Gasteiger partial charge in [-0.1, -0.05) is 6.07 Å². The maximum absolute atomic E-state index is 5.89. The normalized spacial score (nSPS) is 22.3. The van der Waals surface area contributed by atoms with Gasteiger partial charge in [0.1, 0.15) is 5.82 Å². The maximum atomic E-state index is 5.89. The molecule has 94 valence electrons. The molecular weight excluding hydrogens is 230 g/mol. The van der Waals surface area contributed by atoms with Gasteiger partial charge in [-0.2, -0.15) is 11.8 Å². The van der Waals surface area contributed by atoms with E-state index < -0.39 is 0 Å². The van der Waals surface area contributed by atoms with Gasteiger partial charge in [0.2, 0.25) is 0 Å². The SMILES string of the molecule is CSC1CCCN(Cc2cccnc2N)CC1. The van der Waals surface area contributed by atoms with E-state index in [-0.39, 0.29) is 0 Å². The first-order valence-corrected chi connectivity index (χ1v) is 7.53. The molecule has 2 rings (SSSR count). The van der Waals surface area contributed by atoms with Crippen LogP contribution in [0, 0.1) is 0 Å². The lowest BCUT2D eigenvalue weighted by molar-refractivity contribution is 0.277. The third-order valence-corrected chi connectivity index (χ3v) is 4.56. The summed E-state index contributed by atoms with van der Waals surface area (Å²) in [5.74, 6) is 0.679. The van der Waals surface area contributed by atoms with Gasteiger partial charge in [0.25, 0.3) is 0 Å². The van der Waals surface area contributed by atoms with Crippen molar-refractivity contribution in [2.75, 3.05) is 25.1 Å². The molecule has 2 heterocycles. The summed E-state index contributed by atoms with van der Waals surface area (Å²) in [4.78, 5) is 6.65. The molecule has 0 radical (unpaired) electrons. The summed E-state index contributed by atoms with van der Waals surface area (Å²) < 4.78 is 0. The van der Waals surface area contributed by atoms with Crippen LogP contribution in [0.1, 0.15) is 24.8 Å². The second kappa shape index (κ2) is 6.26. The van der Waals surface area contributed by atoms with E-state index in [9.17, 15) is 0 Å². The van der Waals surface area contributed by atoms with Crippen molar-refractivity contribution in [3.8, 4) is 0 Å². The molecule has 0 saturated carbocycles. The van der Waals surface area contributed by atoms with Gasteiger partial charge in [-0.05, 0) is 44.7 Å². The lowest BCUT2D eigenvalue weighted by Crippen LogP contribution is -2.25. The third kappa shape index (κ3) is 3.61. The molecule has 0 spiro atoms. The highest BCUT2D eigenvalue weighted by Crippen LogP contribution is 2.22. The van der Waals surface area contributed by atoms with Crippen LogP contribution in [0.5, 0.6) is 0 Å². The maximum Gasteiger partial charge on any atom is 0.127 e. The van der Waals surface area contributed by atoms with Crippen LogP contribution in [0.25, 0.3) is 0 Å². The molecule has 1 atom stereocenters. The van der Waals surface area contributed by atoms with Crippen LogP contribution >= 0.6 is 11.8 Å². The predicted molar refractivity (Wildman–Crippen MR) is 75.1 cm³/mol. The van der Waals surface area contributed by atoms with E-state index in [0.717, 1.165) is 17.4 Å². The molecule has 1 fully saturated rings. The Morgan fingerprint density at radius 2 is 2.35 bits per heavy atom. The van der Waals surface area contributed by atoms with Gasteiger partial charge in [0, 0.05) is 23.6 Å². The topological polar surface area (TPSA) is 42.2 Å². The third-order valence-electron chi connectivity index (χ3n) is 3.42. The second-order valence-electron chi connectivity index (χ2n) is 4.61. The van der Waals surface area contributed by atoms with Gasteiger partial charge in [0.05, 0.1) is 0 Å². The lowest BCUT2D eigenvalue weighted by Gasteiger charge is -2.20. The largest absolute Gasteiger partial charge is 0.383 e. The Bertz CT molecular complexity index is 356. The molecule has 1 aliphatic heterocycles. The molecule has 17 heavy (non-hydrogen) atoms. The number of rotatable bonds is 3. The first kappa shape index (κ1) is 12.7. The predicted octanol–water partition coefficient (Wildman–Crippen LogP) is 2.38. The Hall–Kier alpha value is -0.740. The summed E-state index contributed by atoms with van der Waals surface area (Å²) in [6.45, 7) is 3.31. The molecule has 0 aliphatic carbocycles. The van der Waals surface area contributed by atoms with Gasteiger partial charge in [-0.15, -0.1) is 0 Å². The van der Waals surface area contributed by atoms with E-state index in [2.05, 4.69) is 22.2 Å². The number of hydrogen-bond acceptors (Lipinski definition) is 4. The molecule has 1 aromatic heterocycles. The summed E-state index contributed by atoms with van der Waals surface area (Å²) in [5, 5.41) is 0.839. The Balaban J connectivity index is 1.93. The van der Waals surface area contributed by atoms with Gasteiger partial charge >= 0.3 is 0 Å². The zero-order valence-electron chi connectivity index (χ0n) is 10.4. The quantitative estimate of drug-likeness (QED) is 0.895. The van der Waals surface area contributed by atoms with Crippen molar-refractivity contribution in [3.05, 3.63) is 23.9 Å². The highest BCUT2D eigenvalue weighted by atomic mass is 32.2. The fourth-order valence-corrected chi connectivity index (χ4v) is 3.09. The van der Waals surface area contributed by atoms with Crippen molar-refractivity contribution < 1.29 is 0 Å². The number of aromatic nitrogens is 1. The molecular formula is C13H21N3S. The fraction of sp³-hybridized carbons (Fsp3) is 0.615. The van der Waals surface area contributed by atoms with Crippen LogP contribution in [-0.4, -0.2) is 34.5 Å².